The Morgan fingerprint density at radius 3 is 3.09 bits per heavy atom. The van der Waals surface area contributed by atoms with E-state index < -0.39 is 0 Å². The van der Waals surface area contributed by atoms with Gasteiger partial charge in [0.1, 0.15) is 0 Å². The van der Waals surface area contributed by atoms with Gasteiger partial charge in [0.25, 0.3) is 5.91 Å². The van der Waals surface area contributed by atoms with Crippen LogP contribution < -0.4 is 0 Å². The highest BCUT2D eigenvalue weighted by Gasteiger charge is 2.26. The predicted octanol–water partition coefficient (Wildman–Crippen LogP) is 3.17. The Balaban J connectivity index is 1.73. The van der Waals surface area contributed by atoms with Gasteiger partial charge in [-0.3, -0.25) is 4.79 Å². The summed E-state index contributed by atoms with van der Waals surface area (Å²) in [7, 11) is 0. The molecule has 5 nitrogen and oxygen atoms in total. The van der Waals surface area contributed by atoms with E-state index in [1.54, 1.807) is 16.9 Å². The number of likely N-dealkylation sites (tertiary alicyclic amines) is 1. The molecular formula is C17H20ClN3O2. The molecule has 6 heteroatoms. The molecule has 122 valence electrons. The third-order valence-electron chi connectivity index (χ3n) is 3.95. The second-order valence-corrected chi connectivity index (χ2v) is 6.03. The molecule has 1 amide bonds. The van der Waals surface area contributed by atoms with E-state index in [-0.39, 0.29) is 12.0 Å². The van der Waals surface area contributed by atoms with Crippen LogP contribution in [0.2, 0.25) is 5.02 Å². The van der Waals surface area contributed by atoms with E-state index in [9.17, 15) is 4.79 Å². The largest absolute Gasteiger partial charge is 0.377 e. The van der Waals surface area contributed by atoms with Crippen LogP contribution in [0.1, 0.15) is 30.3 Å². The van der Waals surface area contributed by atoms with Crippen LogP contribution in [0.5, 0.6) is 0 Å². The van der Waals surface area contributed by atoms with Crippen LogP contribution in [0, 0.1) is 0 Å². The molecule has 0 N–H and O–H groups in total. The molecule has 0 spiro atoms. The number of piperidine rings is 1. The molecule has 0 radical (unpaired) electrons. The molecule has 1 atom stereocenters. The minimum Gasteiger partial charge on any atom is -0.377 e. The van der Waals surface area contributed by atoms with Crippen molar-refractivity contribution in [3.63, 3.8) is 0 Å². The fourth-order valence-corrected chi connectivity index (χ4v) is 3.04. The lowest BCUT2D eigenvalue weighted by Crippen LogP contribution is -2.43. The topological polar surface area (TPSA) is 47.4 Å². The maximum absolute atomic E-state index is 12.6. The molecule has 0 unspecified atom stereocenters. The highest BCUT2D eigenvalue weighted by Crippen LogP contribution is 2.17. The molecule has 2 aromatic rings. The van der Waals surface area contributed by atoms with Crippen molar-refractivity contribution in [3.8, 4) is 5.69 Å². The number of carbonyl (C=O) groups is 1. The van der Waals surface area contributed by atoms with Gasteiger partial charge in [-0.1, -0.05) is 17.7 Å². The zero-order valence-corrected chi connectivity index (χ0v) is 13.9. The van der Waals surface area contributed by atoms with E-state index >= 15 is 0 Å². The number of hydrogen-bond donors (Lipinski definition) is 0. The third-order valence-corrected chi connectivity index (χ3v) is 4.18. The lowest BCUT2D eigenvalue weighted by Gasteiger charge is -2.32. The Morgan fingerprint density at radius 1 is 1.43 bits per heavy atom. The molecule has 1 aromatic carbocycles. The summed E-state index contributed by atoms with van der Waals surface area (Å²) in [5.74, 6) is -0.0461. The summed E-state index contributed by atoms with van der Waals surface area (Å²) < 4.78 is 7.32. The molecule has 23 heavy (non-hydrogen) atoms. The van der Waals surface area contributed by atoms with Crippen molar-refractivity contribution in [2.75, 3.05) is 19.7 Å². The van der Waals surface area contributed by atoms with Crippen molar-refractivity contribution < 1.29 is 9.53 Å². The van der Waals surface area contributed by atoms with E-state index in [2.05, 4.69) is 5.10 Å². The molecule has 1 aliphatic heterocycles. The number of rotatable bonds is 4. The number of aromatic nitrogens is 2. The van der Waals surface area contributed by atoms with Gasteiger partial charge in [0.05, 0.1) is 11.8 Å². The molecule has 0 saturated carbocycles. The van der Waals surface area contributed by atoms with Gasteiger partial charge < -0.3 is 9.64 Å². The number of hydrogen-bond acceptors (Lipinski definition) is 3. The molecule has 1 fully saturated rings. The van der Waals surface area contributed by atoms with Crippen LogP contribution >= 0.6 is 11.6 Å². The lowest BCUT2D eigenvalue weighted by molar-refractivity contribution is 0.00702. The first kappa shape index (κ1) is 16.0. The smallest absolute Gasteiger partial charge is 0.274 e. The predicted molar refractivity (Wildman–Crippen MR) is 89.1 cm³/mol. The highest BCUT2D eigenvalue weighted by atomic mass is 35.5. The summed E-state index contributed by atoms with van der Waals surface area (Å²) in [4.78, 5) is 14.5. The van der Waals surface area contributed by atoms with Gasteiger partial charge in [-0.05, 0) is 44.0 Å². The van der Waals surface area contributed by atoms with Gasteiger partial charge in [-0.25, -0.2) is 4.68 Å². The number of benzene rings is 1. The van der Waals surface area contributed by atoms with Crippen LogP contribution in [0.15, 0.2) is 36.5 Å². The minimum absolute atomic E-state index is 0.0461. The van der Waals surface area contributed by atoms with E-state index in [0.29, 0.717) is 23.9 Å². The zero-order chi connectivity index (χ0) is 16.2. The Kier molecular flexibility index (Phi) is 4.98. The van der Waals surface area contributed by atoms with E-state index in [1.165, 1.54) is 0 Å². The maximum atomic E-state index is 12.6. The molecule has 0 bridgehead atoms. The van der Waals surface area contributed by atoms with Crippen LogP contribution in [0.3, 0.4) is 0 Å². The van der Waals surface area contributed by atoms with Gasteiger partial charge in [0.15, 0.2) is 5.69 Å². The zero-order valence-electron chi connectivity index (χ0n) is 13.1. The second kappa shape index (κ2) is 7.15. The van der Waals surface area contributed by atoms with Crippen molar-refractivity contribution in [2.45, 2.75) is 25.9 Å². The fraction of sp³-hybridized carbons (Fsp3) is 0.412. The summed E-state index contributed by atoms with van der Waals surface area (Å²) in [6.45, 7) is 4.05. The van der Waals surface area contributed by atoms with Gasteiger partial charge in [-0.15, -0.1) is 0 Å². The Bertz CT molecular complexity index is 684. The van der Waals surface area contributed by atoms with Crippen LogP contribution in [0.4, 0.5) is 0 Å². The van der Waals surface area contributed by atoms with Gasteiger partial charge in [0.2, 0.25) is 0 Å². The number of carbonyl (C=O) groups excluding carboxylic acids is 1. The molecular weight excluding hydrogens is 314 g/mol. The first-order valence-corrected chi connectivity index (χ1v) is 8.27. The fourth-order valence-electron chi connectivity index (χ4n) is 2.86. The molecule has 0 aliphatic carbocycles. The van der Waals surface area contributed by atoms with E-state index in [1.807, 2.05) is 36.1 Å². The summed E-state index contributed by atoms with van der Waals surface area (Å²) in [6, 6.07) is 9.13. The Labute approximate surface area is 140 Å². The first-order valence-electron chi connectivity index (χ1n) is 7.90. The third kappa shape index (κ3) is 3.74. The number of ether oxygens (including phenoxy) is 1. The van der Waals surface area contributed by atoms with Crippen LogP contribution in [-0.4, -0.2) is 46.4 Å². The van der Waals surface area contributed by atoms with Gasteiger partial charge >= 0.3 is 0 Å². The number of halogens is 1. The average Bonchev–Trinajstić information content (AvgIpc) is 3.05. The normalized spacial score (nSPS) is 18.2. The molecule has 1 aliphatic rings. The van der Waals surface area contributed by atoms with Crippen LogP contribution in [-0.2, 0) is 4.74 Å². The Hall–Kier alpha value is -1.85. The lowest BCUT2D eigenvalue weighted by atomic mass is 10.1. The summed E-state index contributed by atoms with van der Waals surface area (Å²) in [5.41, 5.74) is 1.28. The molecule has 1 aromatic heterocycles. The van der Waals surface area contributed by atoms with Crippen molar-refractivity contribution in [2.24, 2.45) is 0 Å². The molecule has 2 heterocycles. The van der Waals surface area contributed by atoms with Gasteiger partial charge in [0, 0.05) is 30.9 Å². The van der Waals surface area contributed by atoms with E-state index in [4.69, 9.17) is 16.3 Å². The van der Waals surface area contributed by atoms with Crippen molar-refractivity contribution in [1.29, 1.82) is 0 Å². The maximum Gasteiger partial charge on any atom is 0.274 e. The highest BCUT2D eigenvalue weighted by molar-refractivity contribution is 6.30. The first-order chi connectivity index (χ1) is 11.2. The van der Waals surface area contributed by atoms with Gasteiger partial charge in [-0.2, -0.15) is 5.10 Å². The van der Waals surface area contributed by atoms with Crippen LogP contribution in [0.25, 0.3) is 5.69 Å². The van der Waals surface area contributed by atoms with Crippen molar-refractivity contribution >= 4 is 17.5 Å². The molecule has 3 rings (SSSR count). The minimum atomic E-state index is -0.0461. The Morgan fingerprint density at radius 2 is 2.30 bits per heavy atom. The van der Waals surface area contributed by atoms with Crippen molar-refractivity contribution in [3.05, 3.63) is 47.2 Å². The summed E-state index contributed by atoms with van der Waals surface area (Å²) in [6.07, 6.45) is 3.88. The summed E-state index contributed by atoms with van der Waals surface area (Å²) in [5, 5.41) is 5.03. The SMILES string of the molecule is CCO[C@H]1CCCN(C(=O)c2ccn(-c3cccc(Cl)c3)n2)C1. The quantitative estimate of drug-likeness (QED) is 0.863. The number of amides is 1. The standard InChI is InChI=1S/C17H20ClN3O2/c1-2-23-15-7-4-9-20(12-15)17(22)16-8-10-21(19-16)14-6-3-5-13(18)11-14/h3,5-6,8,10-11,15H,2,4,7,9,12H2,1H3/t15-/m0/s1. The van der Waals surface area contributed by atoms with E-state index in [0.717, 1.165) is 25.1 Å². The van der Waals surface area contributed by atoms with Crippen molar-refractivity contribution in [1.82, 2.24) is 14.7 Å². The average molecular weight is 334 g/mol. The number of nitrogens with zero attached hydrogens (tertiary/aromatic N) is 3. The monoisotopic (exact) mass is 333 g/mol. The summed E-state index contributed by atoms with van der Waals surface area (Å²) >= 11 is 6.00. The second-order valence-electron chi connectivity index (χ2n) is 5.60. The molecule has 1 saturated heterocycles.